The molecule has 0 saturated carbocycles. The zero-order valence-electron chi connectivity index (χ0n) is 16.2. The zero-order valence-corrected chi connectivity index (χ0v) is 17.1. The van der Waals surface area contributed by atoms with Gasteiger partial charge in [0, 0.05) is 27.2 Å². The van der Waals surface area contributed by atoms with Crippen LogP contribution in [0, 0.1) is 6.92 Å². The summed E-state index contributed by atoms with van der Waals surface area (Å²) in [4.78, 5) is 14.9. The molecule has 1 aliphatic heterocycles. The molecule has 0 aromatic heterocycles. The van der Waals surface area contributed by atoms with E-state index in [-0.39, 0.29) is 17.9 Å². The lowest BCUT2D eigenvalue weighted by atomic mass is 10.0. The maximum Gasteiger partial charge on any atom is 0.243 e. The van der Waals surface area contributed by atoms with E-state index >= 15 is 0 Å². The van der Waals surface area contributed by atoms with E-state index in [0.717, 1.165) is 11.1 Å². The maximum atomic E-state index is 13.3. The first kappa shape index (κ1) is 20.5. The normalized spacial score (nSPS) is 23.0. The van der Waals surface area contributed by atoms with Crippen LogP contribution in [0.3, 0.4) is 0 Å². The van der Waals surface area contributed by atoms with Gasteiger partial charge in [0.25, 0.3) is 0 Å². The minimum Gasteiger partial charge on any atom is -0.377 e. The number of carbonyl (C=O) groups excluding carboxylic acids is 1. The third kappa shape index (κ3) is 3.97. The molecular weight excluding hydrogens is 378 g/mol. The molecule has 3 atom stereocenters. The van der Waals surface area contributed by atoms with Crippen molar-refractivity contribution in [1.29, 1.82) is 0 Å². The Hall–Kier alpha value is -2.22. The van der Waals surface area contributed by atoms with Gasteiger partial charge in [0.15, 0.2) is 16.1 Å². The fraction of sp³-hybridized carbons (Fsp3) is 0.381. The summed E-state index contributed by atoms with van der Waals surface area (Å²) in [5.41, 5.74) is 1.84. The highest BCUT2D eigenvalue weighted by Gasteiger charge is 2.48. The molecule has 1 fully saturated rings. The molecule has 0 radical (unpaired) electrons. The predicted molar refractivity (Wildman–Crippen MR) is 105 cm³/mol. The van der Waals surface area contributed by atoms with Crippen LogP contribution < -0.4 is 0 Å². The molecule has 2 aromatic carbocycles. The Morgan fingerprint density at radius 2 is 1.64 bits per heavy atom. The molecule has 3 rings (SSSR count). The van der Waals surface area contributed by atoms with Crippen LogP contribution in [0.2, 0.25) is 0 Å². The van der Waals surface area contributed by atoms with Crippen molar-refractivity contribution in [3.8, 4) is 0 Å². The average Bonchev–Trinajstić information content (AvgIpc) is 2.70. The molecule has 2 aromatic rings. The molecule has 7 heteroatoms. The topological polar surface area (TPSA) is 72.9 Å². The first-order valence-electron chi connectivity index (χ1n) is 9.09. The molecule has 0 unspecified atom stereocenters. The Kier molecular flexibility index (Phi) is 6.17. The number of sulfone groups is 1. The largest absolute Gasteiger partial charge is 0.377 e. The number of piperidine rings is 1. The molecule has 1 aliphatic rings. The number of benzene rings is 2. The molecule has 6 nitrogen and oxygen atoms in total. The van der Waals surface area contributed by atoms with Gasteiger partial charge in [-0.25, -0.2) is 8.42 Å². The van der Waals surface area contributed by atoms with Gasteiger partial charge in [0.1, 0.15) is 11.4 Å². The van der Waals surface area contributed by atoms with Crippen molar-refractivity contribution in [3.05, 3.63) is 65.7 Å². The number of hydrogen-bond donors (Lipinski definition) is 0. The molecule has 0 N–H and O–H groups in total. The fourth-order valence-electron chi connectivity index (χ4n) is 3.53. The van der Waals surface area contributed by atoms with Crippen molar-refractivity contribution in [2.45, 2.75) is 42.4 Å². The Balaban J connectivity index is 1.97. The summed E-state index contributed by atoms with van der Waals surface area (Å²) < 4.78 is 37.5. The number of rotatable bonds is 6. The number of aryl methyl sites for hydroxylation is 1. The van der Waals surface area contributed by atoms with Gasteiger partial charge in [-0.2, -0.15) is 0 Å². The van der Waals surface area contributed by atoms with Gasteiger partial charge in [0.2, 0.25) is 5.91 Å². The van der Waals surface area contributed by atoms with Crippen molar-refractivity contribution >= 4 is 15.7 Å². The van der Waals surface area contributed by atoms with Crippen LogP contribution in [0.1, 0.15) is 17.5 Å². The van der Waals surface area contributed by atoms with E-state index in [2.05, 4.69) is 0 Å². The molecule has 150 valence electrons. The number of amides is 1. The summed E-state index contributed by atoms with van der Waals surface area (Å²) in [6, 6.07) is 16.0. The Bertz CT molecular complexity index is 912. The highest BCUT2D eigenvalue weighted by Crippen LogP contribution is 2.31. The van der Waals surface area contributed by atoms with Crippen LogP contribution in [-0.4, -0.2) is 51.0 Å². The summed E-state index contributed by atoms with van der Waals surface area (Å²) in [6.07, 6.45) is -1.14. The predicted octanol–water partition coefficient (Wildman–Crippen LogP) is 2.56. The van der Waals surface area contributed by atoms with Crippen molar-refractivity contribution in [1.82, 2.24) is 4.90 Å². The van der Waals surface area contributed by atoms with E-state index in [1.54, 1.807) is 24.3 Å². The van der Waals surface area contributed by atoms with Crippen molar-refractivity contribution in [3.63, 3.8) is 0 Å². The quantitative estimate of drug-likeness (QED) is 0.741. The summed E-state index contributed by atoms with van der Waals surface area (Å²) in [5.74, 6) is -0.468. The Labute approximate surface area is 166 Å². The molecule has 0 aliphatic carbocycles. The number of carbonyl (C=O) groups is 1. The minimum absolute atomic E-state index is 0.0509. The summed E-state index contributed by atoms with van der Waals surface area (Å²) >= 11 is 0. The Morgan fingerprint density at radius 1 is 1.00 bits per heavy atom. The van der Waals surface area contributed by atoms with Crippen molar-refractivity contribution in [2.24, 2.45) is 0 Å². The number of ether oxygens (including phenoxy) is 2. The molecule has 1 amide bonds. The van der Waals surface area contributed by atoms with Gasteiger partial charge in [-0.05, 0) is 24.6 Å². The highest BCUT2D eigenvalue weighted by molar-refractivity contribution is 7.92. The van der Waals surface area contributed by atoms with Crippen molar-refractivity contribution < 1.29 is 22.7 Å². The zero-order chi connectivity index (χ0) is 20.3. The molecule has 1 saturated heterocycles. The van der Waals surface area contributed by atoms with E-state index < -0.39 is 33.3 Å². The van der Waals surface area contributed by atoms with Crippen LogP contribution in [-0.2, 0) is 30.7 Å². The van der Waals surface area contributed by atoms with Gasteiger partial charge < -0.3 is 14.4 Å². The molecule has 28 heavy (non-hydrogen) atoms. The van der Waals surface area contributed by atoms with Crippen LogP contribution in [0.5, 0.6) is 0 Å². The summed E-state index contributed by atoms with van der Waals surface area (Å²) in [6.45, 7) is 2.13. The smallest absolute Gasteiger partial charge is 0.243 e. The van der Waals surface area contributed by atoms with Crippen molar-refractivity contribution in [2.75, 3.05) is 14.2 Å². The SMILES string of the molecule is CO[C@@H]1C[C@@H](S(=O)(=O)c2ccc(C)cc2)C(=O)N(Cc2ccccc2)[C@H]1OC. The van der Waals surface area contributed by atoms with Gasteiger partial charge in [-0.1, -0.05) is 48.0 Å². The first-order chi connectivity index (χ1) is 13.4. The molecule has 0 spiro atoms. The van der Waals surface area contributed by atoms with E-state index in [1.165, 1.54) is 19.1 Å². The number of hydrogen-bond acceptors (Lipinski definition) is 5. The van der Waals surface area contributed by atoms with Crippen LogP contribution in [0.25, 0.3) is 0 Å². The van der Waals surface area contributed by atoms with Crippen LogP contribution in [0.15, 0.2) is 59.5 Å². The van der Waals surface area contributed by atoms with E-state index in [1.807, 2.05) is 37.3 Å². The second kappa shape index (κ2) is 8.43. The summed E-state index contributed by atoms with van der Waals surface area (Å²) in [5, 5.41) is -1.21. The van der Waals surface area contributed by atoms with Crippen LogP contribution in [0.4, 0.5) is 0 Å². The number of methoxy groups -OCH3 is 2. The van der Waals surface area contributed by atoms with E-state index in [0.29, 0.717) is 0 Å². The summed E-state index contributed by atoms with van der Waals surface area (Å²) in [7, 11) is -0.855. The second-order valence-electron chi connectivity index (χ2n) is 6.93. The molecule has 1 heterocycles. The number of likely N-dealkylation sites (tertiary alicyclic amines) is 1. The lowest BCUT2D eigenvalue weighted by Gasteiger charge is -2.42. The molecular formula is C21H25NO5S. The average molecular weight is 404 g/mol. The lowest BCUT2D eigenvalue weighted by Crippen LogP contribution is -2.59. The monoisotopic (exact) mass is 403 g/mol. The molecule has 0 bridgehead atoms. The third-order valence-corrected chi connectivity index (χ3v) is 7.17. The first-order valence-corrected chi connectivity index (χ1v) is 10.6. The fourth-order valence-corrected chi connectivity index (χ4v) is 5.22. The van der Waals surface area contributed by atoms with E-state index in [4.69, 9.17) is 9.47 Å². The van der Waals surface area contributed by atoms with Gasteiger partial charge in [-0.3, -0.25) is 4.79 Å². The Morgan fingerprint density at radius 3 is 2.21 bits per heavy atom. The van der Waals surface area contributed by atoms with E-state index in [9.17, 15) is 13.2 Å². The highest BCUT2D eigenvalue weighted by atomic mass is 32.2. The van der Waals surface area contributed by atoms with Crippen LogP contribution >= 0.6 is 0 Å². The lowest BCUT2D eigenvalue weighted by molar-refractivity contribution is -0.172. The third-order valence-electron chi connectivity index (χ3n) is 5.09. The minimum atomic E-state index is -3.85. The number of nitrogens with zero attached hydrogens (tertiary/aromatic N) is 1. The van der Waals surface area contributed by atoms with Gasteiger partial charge in [0.05, 0.1) is 4.90 Å². The van der Waals surface area contributed by atoms with Gasteiger partial charge >= 0.3 is 0 Å². The maximum absolute atomic E-state index is 13.3. The van der Waals surface area contributed by atoms with Gasteiger partial charge in [-0.15, -0.1) is 0 Å². The second-order valence-corrected chi connectivity index (χ2v) is 9.07. The standard InChI is InChI=1S/C21H25NO5S/c1-15-9-11-17(12-10-15)28(24,25)19-13-18(26-2)21(27-3)22(20(19)23)14-16-7-5-4-6-8-16/h4-12,18-19,21H,13-14H2,1-3H3/t18-,19-,21+/m1/s1.